The number of nitrogens with zero attached hydrogens (tertiary/aromatic N) is 2. The lowest BCUT2D eigenvalue weighted by molar-refractivity contribution is -0.108. The number of benzene rings is 2. The molecule has 1 aliphatic heterocycles. The molecule has 2 aromatic carbocycles. The van der Waals surface area contributed by atoms with E-state index in [1.165, 1.54) is 17.3 Å². The van der Waals surface area contributed by atoms with Gasteiger partial charge < -0.3 is 9.69 Å². The molecule has 100 valence electrons. The lowest BCUT2D eigenvalue weighted by Gasteiger charge is -2.30. The highest BCUT2D eigenvalue weighted by Gasteiger charge is 2.25. The molecule has 0 bridgehead atoms. The van der Waals surface area contributed by atoms with Crippen molar-refractivity contribution in [1.29, 1.82) is 0 Å². The van der Waals surface area contributed by atoms with Gasteiger partial charge >= 0.3 is 0 Å². The zero-order chi connectivity index (χ0) is 14.1. The van der Waals surface area contributed by atoms with E-state index in [1.54, 1.807) is 18.2 Å². The van der Waals surface area contributed by atoms with Gasteiger partial charge in [0.05, 0.1) is 12.0 Å². The fourth-order valence-electron chi connectivity index (χ4n) is 2.21. The van der Waals surface area contributed by atoms with E-state index in [0.29, 0.717) is 11.4 Å². The first kappa shape index (κ1) is 12.5. The maximum absolute atomic E-state index is 13.3. The first-order chi connectivity index (χ1) is 9.70. The van der Waals surface area contributed by atoms with E-state index in [-0.39, 0.29) is 0 Å². The SMILES string of the molecule is O=CC1c2ccccc2N=CN1c1ccc(F)c(F)c1. The van der Waals surface area contributed by atoms with Crippen LogP contribution in [-0.2, 0) is 4.79 Å². The van der Waals surface area contributed by atoms with Crippen molar-refractivity contribution < 1.29 is 13.6 Å². The molecule has 20 heavy (non-hydrogen) atoms. The molecule has 0 fully saturated rings. The molecule has 0 amide bonds. The number of aliphatic imine (C=N–C) groups is 1. The summed E-state index contributed by atoms with van der Waals surface area (Å²) < 4.78 is 26.3. The summed E-state index contributed by atoms with van der Waals surface area (Å²) in [5.41, 5.74) is 1.80. The van der Waals surface area contributed by atoms with Crippen molar-refractivity contribution in [2.24, 2.45) is 4.99 Å². The maximum Gasteiger partial charge on any atom is 0.160 e. The highest BCUT2D eigenvalue weighted by Crippen LogP contribution is 2.34. The van der Waals surface area contributed by atoms with Gasteiger partial charge in [0.15, 0.2) is 11.6 Å². The second kappa shape index (κ2) is 4.85. The standard InChI is InChI=1S/C15H10F2N2O/c16-12-6-5-10(7-13(12)17)19-9-18-14-4-2-1-3-11(14)15(19)8-20/h1-9,15H. The van der Waals surface area contributed by atoms with Crippen LogP contribution < -0.4 is 4.90 Å². The third kappa shape index (κ3) is 1.97. The van der Waals surface area contributed by atoms with Gasteiger partial charge in [-0.2, -0.15) is 0 Å². The van der Waals surface area contributed by atoms with Gasteiger partial charge in [-0.1, -0.05) is 18.2 Å². The molecule has 1 heterocycles. The van der Waals surface area contributed by atoms with Crippen LogP contribution in [0.2, 0.25) is 0 Å². The second-order valence-corrected chi connectivity index (χ2v) is 4.39. The molecule has 2 aromatic rings. The Morgan fingerprint density at radius 2 is 1.90 bits per heavy atom. The Balaban J connectivity index is 2.07. The van der Waals surface area contributed by atoms with Crippen molar-refractivity contribution >= 4 is 24.0 Å². The molecule has 5 heteroatoms. The van der Waals surface area contributed by atoms with Crippen LogP contribution in [0.1, 0.15) is 11.6 Å². The third-order valence-corrected chi connectivity index (χ3v) is 3.21. The van der Waals surface area contributed by atoms with Gasteiger partial charge in [-0.25, -0.2) is 13.8 Å². The van der Waals surface area contributed by atoms with Crippen molar-refractivity contribution in [3.8, 4) is 0 Å². The molecule has 3 nitrogen and oxygen atoms in total. The van der Waals surface area contributed by atoms with Crippen molar-refractivity contribution in [3.05, 3.63) is 59.7 Å². The number of halogens is 2. The normalized spacial score (nSPS) is 16.9. The Morgan fingerprint density at radius 3 is 2.65 bits per heavy atom. The van der Waals surface area contributed by atoms with Gasteiger partial charge in [0.1, 0.15) is 12.3 Å². The highest BCUT2D eigenvalue weighted by molar-refractivity contribution is 5.91. The highest BCUT2D eigenvalue weighted by atomic mass is 19.2. The summed E-state index contributed by atoms with van der Waals surface area (Å²) in [4.78, 5) is 17.1. The summed E-state index contributed by atoms with van der Waals surface area (Å²) in [5.74, 6) is -1.88. The average Bonchev–Trinajstić information content (AvgIpc) is 2.49. The minimum Gasteiger partial charge on any atom is -0.318 e. The van der Waals surface area contributed by atoms with Crippen LogP contribution in [-0.4, -0.2) is 12.6 Å². The van der Waals surface area contributed by atoms with E-state index in [2.05, 4.69) is 4.99 Å². The number of hydrogen-bond donors (Lipinski definition) is 0. The van der Waals surface area contributed by atoms with Gasteiger partial charge in [0, 0.05) is 17.3 Å². The van der Waals surface area contributed by atoms with Gasteiger partial charge in [-0.05, 0) is 18.2 Å². The Labute approximate surface area is 114 Å². The van der Waals surface area contributed by atoms with Crippen molar-refractivity contribution in [2.45, 2.75) is 6.04 Å². The molecule has 0 N–H and O–H groups in total. The number of aldehydes is 1. The van der Waals surface area contributed by atoms with Gasteiger partial charge in [-0.15, -0.1) is 0 Å². The number of carbonyl (C=O) groups excluding carboxylic acids is 1. The minimum absolute atomic E-state index is 0.374. The molecule has 1 aliphatic rings. The molecule has 1 unspecified atom stereocenters. The Hall–Kier alpha value is -2.56. The number of para-hydroxylation sites is 1. The van der Waals surface area contributed by atoms with Crippen LogP contribution in [0, 0.1) is 11.6 Å². The quantitative estimate of drug-likeness (QED) is 0.785. The largest absolute Gasteiger partial charge is 0.318 e. The fourth-order valence-corrected chi connectivity index (χ4v) is 2.21. The summed E-state index contributed by atoms with van der Waals surface area (Å²) in [6.45, 7) is 0. The summed E-state index contributed by atoms with van der Waals surface area (Å²) in [6.07, 6.45) is 2.21. The van der Waals surface area contributed by atoms with E-state index >= 15 is 0 Å². The maximum atomic E-state index is 13.3. The van der Waals surface area contributed by atoms with Crippen molar-refractivity contribution in [3.63, 3.8) is 0 Å². The zero-order valence-electron chi connectivity index (χ0n) is 10.3. The van der Waals surface area contributed by atoms with Crippen LogP contribution in [0.5, 0.6) is 0 Å². The van der Waals surface area contributed by atoms with E-state index < -0.39 is 17.7 Å². The molecular formula is C15H10F2N2O. The molecule has 3 rings (SSSR count). The lowest BCUT2D eigenvalue weighted by atomic mass is 10.0. The number of rotatable bonds is 2. The van der Waals surface area contributed by atoms with Crippen molar-refractivity contribution in [2.75, 3.05) is 4.90 Å². The van der Waals surface area contributed by atoms with E-state index in [9.17, 15) is 13.6 Å². The number of hydrogen-bond acceptors (Lipinski definition) is 3. The topological polar surface area (TPSA) is 32.7 Å². The summed E-state index contributed by atoms with van der Waals surface area (Å²) in [6, 6.07) is 10.1. The van der Waals surface area contributed by atoms with Crippen LogP contribution >= 0.6 is 0 Å². The first-order valence-electron chi connectivity index (χ1n) is 6.02. The van der Waals surface area contributed by atoms with Crippen molar-refractivity contribution in [1.82, 2.24) is 0 Å². The van der Waals surface area contributed by atoms with Gasteiger partial charge in [0.25, 0.3) is 0 Å². The summed E-state index contributed by atoms with van der Waals surface area (Å²) in [7, 11) is 0. The monoisotopic (exact) mass is 272 g/mol. The number of carbonyl (C=O) groups is 1. The molecule has 1 atom stereocenters. The summed E-state index contributed by atoms with van der Waals surface area (Å²) >= 11 is 0. The molecular weight excluding hydrogens is 262 g/mol. The zero-order valence-corrected chi connectivity index (χ0v) is 10.3. The Kier molecular flexibility index (Phi) is 3.02. The molecule has 0 aliphatic carbocycles. The molecule has 0 aromatic heterocycles. The third-order valence-electron chi connectivity index (χ3n) is 3.21. The smallest absolute Gasteiger partial charge is 0.160 e. The van der Waals surface area contributed by atoms with Crippen LogP contribution in [0.4, 0.5) is 20.2 Å². The van der Waals surface area contributed by atoms with Gasteiger partial charge in [-0.3, -0.25) is 0 Å². The van der Waals surface area contributed by atoms with Crippen LogP contribution in [0.15, 0.2) is 47.5 Å². The van der Waals surface area contributed by atoms with E-state index in [0.717, 1.165) is 24.0 Å². The number of anilines is 1. The second-order valence-electron chi connectivity index (χ2n) is 4.39. The summed E-state index contributed by atoms with van der Waals surface area (Å²) in [5, 5.41) is 0. The predicted octanol–water partition coefficient (Wildman–Crippen LogP) is 3.38. The van der Waals surface area contributed by atoms with Gasteiger partial charge in [0.2, 0.25) is 0 Å². The first-order valence-corrected chi connectivity index (χ1v) is 6.02. The van der Waals surface area contributed by atoms with E-state index in [1.807, 2.05) is 6.07 Å². The van der Waals surface area contributed by atoms with Crippen LogP contribution in [0.25, 0.3) is 0 Å². The fraction of sp³-hybridized carbons (Fsp3) is 0.0667. The molecule has 0 radical (unpaired) electrons. The van der Waals surface area contributed by atoms with Crippen LogP contribution in [0.3, 0.4) is 0 Å². The molecule has 0 saturated carbocycles. The Bertz CT molecular complexity index is 700. The van der Waals surface area contributed by atoms with E-state index in [4.69, 9.17) is 0 Å². The average molecular weight is 272 g/mol. The molecule has 0 saturated heterocycles. The number of fused-ring (bicyclic) bond motifs is 1. The lowest BCUT2D eigenvalue weighted by Crippen LogP contribution is -2.30. The minimum atomic E-state index is -0.959. The predicted molar refractivity (Wildman–Crippen MR) is 72.2 cm³/mol. The Morgan fingerprint density at radius 1 is 1.10 bits per heavy atom. The molecule has 0 spiro atoms.